The lowest BCUT2D eigenvalue weighted by molar-refractivity contribution is 0.529. The highest BCUT2D eigenvalue weighted by Gasteiger charge is 2.11. The Morgan fingerprint density at radius 3 is 2.68 bits per heavy atom. The molecule has 0 aliphatic carbocycles. The van der Waals surface area contributed by atoms with E-state index in [2.05, 4.69) is 24.3 Å². The number of benzene rings is 1. The number of halogens is 1. The maximum absolute atomic E-state index is 13.6. The molecular weight excluding hydrogens is 241 g/mol. The minimum atomic E-state index is -0.174. The van der Waals surface area contributed by atoms with Gasteiger partial charge >= 0.3 is 0 Å². The van der Waals surface area contributed by atoms with Gasteiger partial charge in [-0.15, -0.1) is 0 Å². The van der Waals surface area contributed by atoms with Crippen LogP contribution in [0.2, 0.25) is 0 Å². The topological polar surface area (TPSA) is 29.9 Å². The van der Waals surface area contributed by atoms with Crippen molar-refractivity contribution in [1.29, 1.82) is 0 Å². The highest BCUT2D eigenvalue weighted by Crippen LogP contribution is 2.25. The van der Waals surface area contributed by atoms with Crippen LogP contribution in [-0.2, 0) is 6.54 Å². The molecule has 0 unspecified atom stereocenters. The van der Waals surface area contributed by atoms with Crippen molar-refractivity contribution >= 4 is 0 Å². The van der Waals surface area contributed by atoms with Crippen LogP contribution in [0.1, 0.15) is 31.1 Å². The summed E-state index contributed by atoms with van der Waals surface area (Å²) >= 11 is 0. The Bertz CT molecular complexity index is 573. The van der Waals surface area contributed by atoms with Gasteiger partial charge in [0.2, 0.25) is 0 Å². The van der Waals surface area contributed by atoms with E-state index in [1.807, 2.05) is 37.0 Å². The number of hydrogen-bond acceptors (Lipinski definition) is 2. The van der Waals surface area contributed by atoms with Crippen LogP contribution < -0.4 is 5.32 Å². The van der Waals surface area contributed by atoms with Gasteiger partial charge in [-0.2, -0.15) is 5.10 Å². The molecular formula is C15H20FN3. The van der Waals surface area contributed by atoms with Crippen molar-refractivity contribution in [2.24, 2.45) is 0 Å². The summed E-state index contributed by atoms with van der Waals surface area (Å²) in [6, 6.07) is 5.54. The molecule has 0 aliphatic heterocycles. The molecule has 0 fully saturated rings. The summed E-state index contributed by atoms with van der Waals surface area (Å²) in [6.45, 7) is 6.69. The van der Waals surface area contributed by atoms with Gasteiger partial charge in [0.05, 0.1) is 5.69 Å². The third-order valence-electron chi connectivity index (χ3n) is 3.17. The summed E-state index contributed by atoms with van der Waals surface area (Å²) in [5.41, 5.74) is 3.72. The molecule has 2 aromatic rings. The fraction of sp³-hybridized carbons (Fsp3) is 0.400. The van der Waals surface area contributed by atoms with E-state index in [0.717, 1.165) is 16.8 Å². The van der Waals surface area contributed by atoms with Crippen molar-refractivity contribution in [3.63, 3.8) is 0 Å². The summed E-state index contributed by atoms with van der Waals surface area (Å²) in [7, 11) is 1.81. The monoisotopic (exact) mass is 261 g/mol. The third-order valence-corrected chi connectivity index (χ3v) is 3.17. The molecule has 0 saturated carbocycles. The molecule has 0 atom stereocenters. The van der Waals surface area contributed by atoms with E-state index in [4.69, 9.17) is 0 Å². The molecule has 4 heteroatoms. The van der Waals surface area contributed by atoms with E-state index in [-0.39, 0.29) is 5.82 Å². The summed E-state index contributed by atoms with van der Waals surface area (Å²) in [5.74, 6) is -0.174. The maximum atomic E-state index is 13.6. The first kappa shape index (κ1) is 13.7. The lowest BCUT2D eigenvalue weighted by atomic mass is 10.0. The average Bonchev–Trinajstić information content (AvgIpc) is 2.75. The molecule has 0 radical (unpaired) electrons. The summed E-state index contributed by atoms with van der Waals surface area (Å²) in [4.78, 5) is 0. The predicted molar refractivity (Wildman–Crippen MR) is 75.5 cm³/mol. The molecule has 1 aromatic carbocycles. The molecule has 19 heavy (non-hydrogen) atoms. The summed E-state index contributed by atoms with van der Waals surface area (Å²) in [6.07, 6.45) is 2.02. The molecule has 1 heterocycles. The Labute approximate surface area is 113 Å². The second kappa shape index (κ2) is 5.53. The van der Waals surface area contributed by atoms with Crippen molar-refractivity contribution in [2.45, 2.75) is 33.4 Å². The minimum Gasteiger partial charge on any atom is -0.316 e. The Morgan fingerprint density at radius 2 is 2.11 bits per heavy atom. The standard InChI is InChI=1S/C15H20FN3/c1-10(2)19-9-14(11(3)18-19)12-5-6-15(16)13(7-12)8-17-4/h5-7,9-10,17H,8H2,1-4H3. The Hall–Kier alpha value is -1.68. The van der Waals surface area contributed by atoms with Crippen LogP contribution in [0.3, 0.4) is 0 Å². The van der Waals surface area contributed by atoms with Gasteiger partial charge in [0.25, 0.3) is 0 Å². The summed E-state index contributed by atoms with van der Waals surface area (Å²) in [5, 5.41) is 7.47. The minimum absolute atomic E-state index is 0.174. The highest BCUT2D eigenvalue weighted by atomic mass is 19.1. The van der Waals surface area contributed by atoms with E-state index in [1.165, 1.54) is 6.07 Å². The molecule has 1 N–H and O–H groups in total. The molecule has 2 rings (SSSR count). The van der Waals surface area contributed by atoms with Crippen molar-refractivity contribution in [3.05, 3.63) is 41.5 Å². The molecule has 3 nitrogen and oxygen atoms in total. The third kappa shape index (κ3) is 2.84. The van der Waals surface area contributed by atoms with Crippen molar-refractivity contribution in [2.75, 3.05) is 7.05 Å². The summed E-state index contributed by atoms with van der Waals surface area (Å²) < 4.78 is 15.6. The van der Waals surface area contributed by atoms with E-state index < -0.39 is 0 Å². The van der Waals surface area contributed by atoms with Gasteiger partial charge in [-0.05, 0) is 45.5 Å². The zero-order valence-corrected chi connectivity index (χ0v) is 11.9. The maximum Gasteiger partial charge on any atom is 0.127 e. The second-order valence-electron chi connectivity index (χ2n) is 5.04. The van der Waals surface area contributed by atoms with Gasteiger partial charge in [0, 0.05) is 29.9 Å². The zero-order chi connectivity index (χ0) is 14.0. The predicted octanol–water partition coefficient (Wildman–Crippen LogP) is 3.30. The highest BCUT2D eigenvalue weighted by molar-refractivity contribution is 5.65. The van der Waals surface area contributed by atoms with Gasteiger partial charge < -0.3 is 5.32 Å². The first-order chi connectivity index (χ1) is 9.02. The van der Waals surface area contributed by atoms with Gasteiger partial charge in [-0.25, -0.2) is 4.39 Å². The molecule has 0 amide bonds. The Kier molecular flexibility index (Phi) is 4.00. The number of hydrogen-bond donors (Lipinski definition) is 1. The van der Waals surface area contributed by atoms with Gasteiger partial charge in [-0.1, -0.05) is 6.07 Å². The molecule has 1 aromatic heterocycles. The Balaban J connectivity index is 2.44. The zero-order valence-electron chi connectivity index (χ0n) is 11.9. The number of aryl methyl sites for hydroxylation is 1. The van der Waals surface area contributed by atoms with Crippen molar-refractivity contribution in [3.8, 4) is 11.1 Å². The molecule has 0 saturated heterocycles. The van der Waals surface area contributed by atoms with Gasteiger partial charge in [0.15, 0.2) is 0 Å². The van der Waals surface area contributed by atoms with Crippen LogP contribution in [0.4, 0.5) is 4.39 Å². The average molecular weight is 261 g/mol. The second-order valence-corrected chi connectivity index (χ2v) is 5.04. The molecule has 0 spiro atoms. The quantitative estimate of drug-likeness (QED) is 0.915. The first-order valence-corrected chi connectivity index (χ1v) is 6.52. The first-order valence-electron chi connectivity index (χ1n) is 6.52. The SMILES string of the molecule is CNCc1cc(-c2cn(C(C)C)nc2C)ccc1F. The van der Waals surface area contributed by atoms with Crippen LogP contribution in [-0.4, -0.2) is 16.8 Å². The van der Waals surface area contributed by atoms with Crippen LogP contribution in [0.15, 0.2) is 24.4 Å². The lowest BCUT2D eigenvalue weighted by Crippen LogP contribution is -2.07. The van der Waals surface area contributed by atoms with Crippen LogP contribution in [0.5, 0.6) is 0 Å². The fourth-order valence-electron chi connectivity index (χ4n) is 2.10. The Morgan fingerprint density at radius 1 is 1.37 bits per heavy atom. The van der Waals surface area contributed by atoms with Gasteiger partial charge in [-0.3, -0.25) is 4.68 Å². The van der Waals surface area contributed by atoms with Gasteiger partial charge in [0.1, 0.15) is 5.82 Å². The normalized spacial score (nSPS) is 11.3. The van der Waals surface area contributed by atoms with Crippen LogP contribution in [0, 0.1) is 12.7 Å². The molecule has 102 valence electrons. The smallest absolute Gasteiger partial charge is 0.127 e. The van der Waals surface area contributed by atoms with Crippen molar-refractivity contribution < 1.29 is 4.39 Å². The van der Waals surface area contributed by atoms with E-state index in [1.54, 1.807) is 0 Å². The number of nitrogens with one attached hydrogen (secondary N) is 1. The largest absolute Gasteiger partial charge is 0.316 e. The van der Waals surface area contributed by atoms with E-state index in [0.29, 0.717) is 18.2 Å². The van der Waals surface area contributed by atoms with E-state index >= 15 is 0 Å². The fourth-order valence-corrected chi connectivity index (χ4v) is 2.10. The number of aromatic nitrogens is 2. The molecule has 0 aliphatic rings. The van der Waals surface area contributed by atoms with Crippen LogP contribution >= 0.6 is 0 Å². The van der Waals surface area contributed by atoms with E-state index in [9.17, 15) is 4.39 Å². The number of rotatable bonds is 4. The molecule has 0 bridgehead atoms. The van der Waals surface area contributed by atoms with Crippen LogP contribution in [0.25, 0.3) is 11.1 Å². The number of nitrogens with zero attached hydrogens (tertiary/aromatic N) is 2. The van der Waals surface area contributed by atoms with Crippen molar-refractivity contribution in [1.82, 2.24) is 15.1 Å². The lowest BCUT2D eigenvalue weighted by Gasteiger charge is -2.06.